The van der Waals surface area contributed by atoms with Crippen molar-refractivity contribution in [2.24, 2.45) is 5.73 Å². The minimum Gasteiger partial charge on any atom is -0.320 e. The zero-order valence-electron chi connectivity index (χ0n) is 6.60. The standard InChI is InChI=1S/C9H11NOS/c10-8(9(11)12)6-7-4-2-1-3-5-7/h1-5,8H,6,10H2,(H,11,12)/t8-/m1/s1. The number of hydrogen-bond acceptors (Lipinski definition) is 2. The molecule has 12 heavy (non-hydrogen) atoms. The van der Waals surface area contributed by atoms with Crippen LogP contribution in [0, 0.1) is 0 Å². The molecule has 0 saturated carbocycles. The Balaban J connectivity index is 2.58. The normalized spacial score (nSPS) is 12.5. The highest BCUT2D eigenvalue weighted by Crippen LogP contribution is 2.02. The van der Waals surface area contributed by atoms with E-state index in [2.05, 4.69) is 12.6 Å². The third-order valence-electron chi connectivity index (χ3n) is 1.62. The van der Waals surface area contributed by atoms with Gasteiger partial charge in [-0.3, -0.25) is 4.79 Å². The number of thiol groups is 1. The predicted octanol–water partition coefficient (Wildman–Crippen LogP) is 1.01. The summed E-state index contributed by atoms with van der Waals surface area (Å²) in [5.41, 5.74) is 6.58. The molecule has 2 nitrogen and oxygen atoms in total. The van der Waals surface area contributed by atoms with Gasteiger partial charge in [-0.2, -0.15) is 0 Å². The van der Waals surface area contributed by atoms with Crippen LogP contribution in [-0.2, 0) is 11.2 Å². The Labute approximate surface area is 77.2 Å². The van der Waals surface area contributed by atoms with Crippen molar-refractivity contribution in [1.82, 2.24) is 0 Å². The summed E-state index contributed by atoms with van der Waals surface area (Å²) >= 11 is 3.66. The molecule has 0 fully saturated rings. The smallest absolute Gasteiger partial charge is 0.202 e. The number of rotatable bonds is 3. The summed E-state index contributed by atoms with van der Waals surface area (Å²) in [5, 5.41) is -0.265. The first kappa shape index (κ1) is 9.29. The van der Waals surface area contributed by atoms with E-state index in [1.807, 2.05) is 30.3 Å². The van der Waals surface area contributed by atoms with Crippen LogP contribution >= 0.6 is 12.6 Å². The van der Waals surface area contributed by atoms with Gasteiger partial charge in [-0.15, -0.1) is 12.6 Å². The molecule has 0 heterocycles. The maximum atomic E-state index is 10.7. The first-order valence-corrected chi connectivity index (χ1v) is 4.17. The Morgan fingerprint density at radius 1 is 1.42 bits per heavy atom. The van der Waals surface area contributed by atoms with E-state index in [-0.39, 0.29) is 5.12 Å². The highest BCUT2D eigenvalue weighted by atomic mass is 32.1. The lowest BCUT2D eigenvalue weighted by Crippen LogP contribution is -2.29. The van der Waals surface area contributed by atoms with Gasteiger partial charge in [0.2, 0.25) is 5.12 Å². The predicted molar refractivity (Wildman–Crippen MR) is 52.1 cm³/mol. The Morgan fingerprint density at radius 2 is 2.00 bits per heavy atom. The average molecular weight is 181 g/mol. The summed E-state index contributed by atoms with van der Waals surface area (Å²) in [6.45, 7) is 0. The number of carbonyl (C=O) groups is 1. The average Bonchev–Trinajstić information content (AvgIpc) is 2.06. The maximum Gasteiger partial charge on any atom is 0.202 e. The van der Waals surface area contributed by atoms with E-state index in [0.717, 1.165) is 5.56 Å². The Bertz CT molecular complexity index is 260. The summed E-state index contributed by atoms with van der Waals surface area (Å²) in [6.07, 6.45) is 0.559. The van der Waals surface area contributed by atoms with Crippen molar-refractivity contribution in [3.05, 3.63) is 35.9 Å². The molecule has 0 aliphatic heterocycles. The minimum absolute atomic E-state index is 0.265. The summed E-state index contributed by atoms with van der Waals surface area (Å²) < 4.78 is 0. The third kappa shape index (κ3) is 2.68. The van der Waals surface area contributed by atoms with Gasteiger partial charge in [0.15, 0.2) is 0 Å². The fourth-order valence-electron chi connectivity index (χ4n) is 0.955. The van der Waals surface area contributed by atoms with E-state index in [1.54, 1.807) is 0 Å². The summed E-state index contributed by atoms with van der Waals surface area (Å²) in [7, 11) is 0. The van der Waals surface area contributed by atoms with Crippen molar-refractivity contribution in [2.75, 3.05) is 0 Å². The number of benzene rings is 1. The SMILES string of the molecule is N[C@H](Cc1ccccc1)C(=O)S. The molecule has 1 atom stereocenters. The van der Waals surface area contributed by atoms with Crippen molar-refractivity contribution in [3.63, 3.8) is 0 Å². The quantitative estimate of drug-likeness (QED) is 0.683. The van der Waals surface area contributed by atoms with Crippen LogP contribution in [0.15, 0.2) is 30.3 Å². The first-order chi connectivity index (χ1) is 5.70. The summed E-state index contributed by atoms with van der Waals surface area (Å²) in [6, 6.07) is 9.16. The van der Waals surface area contributed by atoms with Gasteiger partial charge >= 0.3 is 0 Å². The third-order valence-corrected chi connectivity index (χ3v) is 1.95. The molecule has 0 aromatic heterocycles. The van der Waals surface area contributed by atoms with Gasteiger partial charge in [0, 0.05) is 0 Å². The van der Waals surface area contributed by atoms with Crippen LogP contribution in [0.3, 0.4) is 0 Å². The van der Waals surface area contributed by atoms with Crippen LogP contribution < -0.4 is 5.73 Å². The molecule has 64 valence electrons. The van der Waals surface area contributed by atoms with Gasteiger partial charge in [0.1, 0.15) is 0 Å². The van der Waals surface area contributed by atoms with Crippen molar-refractivity contribution in [1.29, 1.82) is 0 Å². The van der Waals surface area contributed by atoms with Crippen molar-refractivity contribution in [2.45, 2.75) is 12.5 Å². The topological polar surface area (TPSA) is 43.1 Å². The van der Waals surface area contributed by atoms with Crippen LogP contribution in [-0.4, -0.2) is 11.2 Å². The Morgan fingerprint density at radius 3 is 2.50 bits per heavy atom. The molecule has 0 spiro atoms. The number of carbonyl (C=O) groups excluding carboxylic acids is 1. The monoisotopic (exact) mass is 181 g/mol. The van der Waals surface area contributed by atoms with E-state index in [4.69, 9.17) is 5.73 Å². The van der Waals surface area contributed by atoms with Crippen LogP contribution in [0.4, 0.5) is 0 Å². The van der Waals surface area contributed by atoms with Crippen LogP contribution in [0.25, 0.3) is 0 Å². The largest absolute Gasteiger partial charge is 0.320 e. The molecule has 0 aliphatic carbocycles. The second-order valence-electron chi connectivity index (χ2n) is 2.63. The van der Waals surface area contributed by atoms with Gasteiger partial charge in [0.05, 0.1) is 6.04 Å². The zero-order valence-corrected chi connectivity index (χ0v) is 7.50. The van der Waals surface area contributed by atoms with Crippen molar-refractivity contribution in [3.8, 4) is 0 Å². The number of hydrogen-bond donors (Lipinski definition) is 2. The van der Waals surface area contributed by atoms with Crippen LogP contribution in [0.5, 0.6) is 0 Å². The molecule has 1 rings (SSSR count). The molecule has 0 unspecified atom stereocenters. The molecule has 0 bridgehead atoms. The lowest BCUT2D eigenvalue weighted by molar-refractivity contribution is -0.111. The number of nitrogens with two attached hydrogens (primary N) is 1. The zero-order chi connectivity index (χ0) is 8.97. The Kier molecular flexibility index (Phi) is 3.31. The summed E-state index contributed by atoms with van der Waals surface area (Å²) in [5.74, 6) is 0. The van der Waals surface area contributed by atoms with Crippen LogP contribution in [0.2, 0.25) is 0 Å². The lowest BCUT2D eigenvalue weighted by atomic mass is 10.1. The lowest BCUT2D eigenvalue weighted by Gasteiger charge is -2.05. The molecule has 0 aliphatic rings. The van der Waals surface area contributed by atoms with Gasteiger partial charge < -0.3 is 5.73 Å². The molecular weight excluding hydrogens is 170 g/mol. The van der Waals surface area contributed by atoms with E-state index >= 15 is 0 Å². The highest BCUT2D eigenvalue weighted by Gasteiger charge is 2.08. The second-order valence-corrected chi connectivity index (χ2v) is 3.08. The fourth-order valence-corrected chi connectivity index (χ4v) is 1.05. The van der Waals surface area contributed by atoms with Gasteiger partial charge in [-0.25, -0.2) is 0 Å². The molecule has 0 saturated heterocycles. The molecule has 2 N–H and O–H groups in total. The molecule has 0 amide bonds. The fraction of sp³-hybridized carbons (Fsp3) is 0.222. The molecule has 0 radical (unpaired) electrons. The van der Waals surface area contributed by atoms with Crippen molar-refractivity contribution >= 4 is 17.7 Å². The van der Waals surface area contributed by atoms with E-state index in [1.165, 1.54) is 0 Å². The minimum atomic E-state index is -0.490. The molecular formula is C9H11NOS. The first-order valence-electron chi connectivity index (χ1n) is 3.72. The Hall–Kier alpha value is -0.800. The van der Waals surface area contributed by atoms with E-state index in [0.29, 0.717) is 6.42 Å². The summed E-state index contributed by atoms with van der Waals surface area (Å²) in [4.78, 5) is 10.7. The van der Waals surface area contributed by atoms with Crippen LogP contribution in [0.1, 0.15) is 5.56 Å². The highest BCUT2D eigenvalue weighted by molar-refractivity contribution is 7.96. The van der Waals surface area contributed by atoms with Gasteiger partial charge in [-0.05, 0) is 12.0 Å². The molecule has 3 heteroatoms. The molecule has 1 aromatic carbocycles. The van der Waals surface area contributed by atoms with E-state index in [9.17, 15) is 4.79 Å². The van der Waals surface area contributed by atoms with E-state index < -0.39 is 6.04 Å². The van der Waals surface area contributed by atoms with Gasteiger partial charge in [-0.1, -0.05) is 30.3 Å². The molecule has 1 aromatic rings. The van der Waals surface area contributed by atoms with Gasteiger partial charge in [0.25, 0.3) is 0 Å². The second kappa shape index (κ2) is 4.28. The van der Waals surface area contributed by atoms with Crippen molar-refractivity contribution < 1.29 is 4.79 Å². The maximum absolute atomic E-state index is 10.7.